The minimum Gasteiger partial charge on any atom is -0.463 e. The average molecular weight is 503 g/mol. The van der Waals surface area contributed by atoms with Crippen LogP contribution in [-0.4, -0.2) is 18.4 Å². The molecule has 0 bridgehead atoms. The molecule has 0 aliphatic heterocycles. The third-order valence-electron chi connectivity index (χ3n) is 5.26. The van der Waals surface area contributed by atoms with Gasteiger partial charge < -0.3 is 20.4 Å². The first-order chi connectivity index (χ1) is 15.1. The number of hydrogen-bond acceptors (Lipinski definition) is 4. The number of benzene rings is 1. The lowest BCUT2D eigenvalue weighted by molar-refractivity contribution is -0.661. The van der Waals surface area contributed by atoms with Crippen molar-refractivity contribution in [1.82, 2.24) is 0 Å². The molecular formula is C23H25BrN3O3S+. The minimum absolute atomic E-state index is 0.124. The number of nitrogens with two attached hydrogens (primary N) is 1. The fraction of sp³-hybridized carbons (Fsp3) is 0.304. The maximum absolute atomic E-state index is 13.2. The molecule has 1 aliphatic carbocycles. The first-order valence-electron chi connectivity index (χ1n) is 10.5. The molecule has 6 nitrogen and oxygen atoms in total. The van der Waals surface area contributed by atoms with E-state index in [9.17, 15) is 9.59 Å². The van der Waals surface area contributed by atoms with E-state index in [1.807, 2.05) is 41.7 Å². The molecule has 0 unspecified atom stereocenters. The van der Waals surface area contributed by atoms with Gasteiger partial charge in [0.25, 0.3) is 11.8 Å². The lowest BCUT2D eigenvalue weighted by Crippen LogP contribution is -2.84. The number of halogens is 1. The average Bonchev–Trinajstić information content (AvgIpc) is 3.32. The molecular weight excluding hydrogens is 478 g/mol. The van der Waals surface area contributed by atoms with Crippen molar-refractivity contribution in [2.75, 3.05) is 17.2 Å². The second kappa shape index (κ2) is 10.3. The van der Waals surface area contributed by atoms with E-state index in [0.717, 1.165) is 47.2 Å². The van der Waals surface area contributed by atoms with E-state index in [1.165, 1.54) is 11.3 Å². The van der Waals surface area contributed by atoms with E-state index in [-0.39, 0.29) is 18.4 Å². The smallest absolute Gasteiger partial charge is 0.280 e. The fourth-order valence-corrected chi connectivity index (χ4v) is 5.32. The van der Waals surface area contributed by atoms with Gasteiger partial charge in [0.05, 0.1) is 11.8 Å². The summed E-state index contributed by atoms with van der Waals surface area (Å²) < 4.78 is 6.25. The van der Waals surface area contributed by atoms with Crippen LogP contribution in [0, 0.1) is 0 Å². The number of hydrogen-bond donors (Lipinski definition) is 3. The molecule has 4 N–H and O–H groups in total. The Hall–Kier alpha value is -2.42. The molecule has 0 atom stereocenters. The lowest BCUT2D eigenvalue weighted by atomic mass is 10.0. The Morgan fingerprint density at radius 1 is 1.06 bits per heavy atom. The van der Waals surface area contributed by atoms with Crippen LogP contribution in [0.2, 0.25) is 0 Å². The molecule has 0 saturated heterocycles. The van der Waals surface area contributed by atoms with Crippen molar-refractivity contribution in [2.45, 2.75) is 38.6 Å². The number of furan rings is 1. The molecule has 0 fully saturated rings. The first-order valence-corrected chi connectivity index (χ1v) is 12.1. The van der Waals surface area contributed by atoms with Crippen LogP contribution in [-0.2, 0) is 24.2 Å². The highest BCUT2D eigenvalue weighted by Crippen LogP contribution is 2.38. The summed E-state index contributed by atoms with van der Waals surface area (Å²) in [6.45, 7) is 0.856. The zero-order valence-corrected chi connectivity index (χ0v) is 19.5. The molecule has 162 valence electrons. The molecule has 8 heteroatoms. The number of rotatable bonds is 7. The molecule has 3 aromatic rings. The summed E-state index contributed by atoms with van der Waals surface area (Å²) in [4.78, 5) is 27.0. The lowest BCUT2D eigenvalue weighted by Gasteiger charge is -2.10. The normalized spacial score (nSPS) is 13.3. The van der Waals surface area contributed by atoms with Crippen LogP contribution in [0.15, 0.2) is 51.6 Å². The van der Waals surface area contributed by atoms with Gasteiger partial charge in [0.1, 0.15) is 11.5 Å². The Labute approximate surface area is 193 Å². The Kier molecular flexibility index (Phi) is 7.21. The summed E-state index contributed by atoms with van der Waals surface area (Å²) in [6.07, 6.45) is 6.80. The van der Waals surface area contributed by atoms with Crippen LogP contribution in [0.3, 0.4) is 0 Å². The van der Waals surface area contributed by atoms with Crippen molar-refractivity contribution in [3.05, 3.63) is 68.9 Å². The third-order valence-corrected chi connectivity index (χ3v) is 6.99. The van der Waals surface area contributed by atoms with Gasteiger partial charge in [-0.15, -0.1) is 11.3 Å². The van der Waals surface area contributed by atoms with Gasteiger partial charge in [0.15, 0.2) is 12.3 Å². The highest BCUT2D eigenvalue weighted by Gasteiger charge is 2.26. The van der Waals surface area contributed by atoms with Crippen LogP contribution in [0.25, 0.3) is 0 Å². The van der Waals surface area contributed by atoms with Gasteiger partial charge in [-0.25, -0.2) is 0 Å². The van der Waals surface area contributed by atoms with E-state index in [0.29, 0.717) is 17.1 Å². The molecule has 31 heavy (non-hydrogen) atoms. The van der Waals surface area contributed by atoms with E-state index in [2.05, 4.69) is 26.6 Å². The van der Waals surface area contributed by atoms with Crippen LogP contribution in [0.1, 0.15) is 45.8 Å². The van der Waals surface area contributed by atoms with Gasteiger partial charge >= 0.3 is 0 Å². The summed E-state index contributed by atoms with van der Waals surface area (Å²) in [5.74, 6) is 0.530. The Morgan fingerprint density at radius 3 is 2.65 bits per heavy atom. The van der Waals surface area contributed by atoms with Crippen LogP contribution < -0.4 is 16.0 Å². The van der Waals surface area contributed by atoms with Gasteiger partial charge in [-0.05, 0) is 67.6 Å². The van der Waals surface area contributed by atoms with E-state index < -0.39 is 0 Å². The number of carbonyl (C=O) groups excluding carboxylic acids is 2. The zero-order valence-electron chi connectivity index (χ0n) is 17.1. The fourth-order valence-electron chi connectivity index (χ4n) is 3.75. The zero-order chi connectivity index (χ0) is 21.6. The Bertz CT molecular complexity index is 1040. The largest absolute Gasteiger partial charge is 0.463 e. The molecule has 1 aliphatic rings. The number of aryl methyl sites for hydroxylation is 1. The molecule has 0 saturated carbocycles. The number of fused-ring (bicyclic) bond motifs is 1. The number of nitrogens with one attached hydrogen (secondary N) is 2. The van der Waals surface area contributed by atoms with Gasteiger partial charge in [-0.1, -0.05) is 22.4 Å². The molecule has 1 aromatic carbocycles. The van der Waals surface area contributed by atoms with Crippen molar-refractivity contribution in [1.29, 1.82) is 0 Å². The van der Waals surface area contributed by atoms with Gasteiger partial charge in [-0.3, -0.25) is 9.59 Å². The monoisotopic (exact) mass is 502 g/mol. The maximum Gasteiger partial charge on any atom is 0.280 e. The van der Waals surface area contributed by atoms with Crippen molar-refractivity contribution >= 4 is 49.8 Å². The van der Waals surface area contributed by atoms with Gasteiger partial charge in [-0.2, -0.15) is 0 Å². The molecule has 0 spiro atoms. The van der Waals surface area contributed by atoms with E-state index in [1.54, 1.807) is 17.6 Å². The van der Waals surface area contributed by atoms with Crippen LogP contribution in [0.4, 0.5) is 10.7 Å². The molecule has 0 radical (unpaired) electrons. The topological polar surface area (TPSA) is 88.0 Å². The summed E-state index contributed by atoms with van der Waals surface area (Å²) >= 11 is 4.96. The van der Waals surface area contributed by atoms with Gasteiger partial charge in [0, 0.05) is 15.0 Å². The van der Waals surface area contributed by atoms with E-state index >= 15 is 0 Å². The van der Waals surface area contributed by atoms with Crippen molar-refractivity contribution in [3.8, 4) is 0 Å². The number of quaternary nitrogens is 1. The predicted molar refractivity (Wildman–Crippen MR) is 126 cm³/mol. The highest BCUT2D eigenvalue weighted by molar-refractivity contribution is 9.10. The number of carbonyl (C=O) groups is 2. The Morgan fingerprint density at radius 2 is 1.87 bits per heavy atom. The second-order valence-corrected chi connectivity index (χ2v) is 9.57. The number of amides is 2. The maximum atomic E-state index is 13.2. The summed E-state index contributed by atoms with van der Waals surface area (Å²) in [5, 5.41) is 8.52. The number of anilines is 2. The standard InChI is InChI=1S/C23H24BrN3O3S/c24-15-8-10-16(11-9-15)26-22(29)21-18-6-2-1-3-7-19(18)31-23(21)27-20(28)14-25-13-17-5-4-12-30-17/h4-5,8-12,25H,1-3,6-7,13-14H2,(H,26,29)(H,27,28)/p+1. The summed E-state index contributed by atoms with van der Waals surface area (Å²) in [5.41, 5.74) is 2.43. The van der Waals surface area contributed by atoms with Crippen molar-refractivity contribution in [2.24, 2.45) is 0 Å². The highest BCUT2D eigenvalue weighted by atomic mass is 79.9. The summed E-state index contributed by atoms with van der Waals surface area (Å²) in [6, 6.07) is 11.2. The third kappa shape index (κ3) is 5.64. The predicted octanol–water partition coefficient (Wildman–Crippen LogP) is 4.33. The molecule has 2 heterocycles. The SMILES string of the molecule is O=C(C[NH2+]Cc1ccco1)Nc1sc2c(c1C(=O)Nc1ccc(Br)cc1)CCCCC2. The minimum atomic E-state index is -0.170. The van der Waals surface area contributed by atoms with E-state index in [4.69, 9.17) is 4.42 Å². The molecule has 2 aromatic heterocycles. The Balaban J connectivity index is 1.50. The van der Waals surface area contributed by atoms with Gasteiger partial charge in [0.2, 0.25) is 0 Å². The molecule has 4 rings (SSSR count). The van der Waals surface area contributed by atoms with Crippen molar-refractivity contribution < 1.29 is 19.3 Å². The van der Waals surface area contributed by atoms with Crippen molar-refractivity contribution in [3.63, 3.8) is 0 Å². The summed E-state index contributed by atoms with van der Waals surface area (Å²) in [7, 11) is 0. The number of thiophene rings is 1. The quantitative estimate of drug-likeness (QED) is 0.420. The first kappa shape index (κ1) is 21.8. The molecule has 2 amide bonds. The second-order valence-electron chi connectivity index (χ2n) is 7.55. The van der Waals surface area contributed by atoms with Crippen LogP contribution >= 0.6 is 27.3 Å². The van der Waals surface area contributed by atoms with Crippen LogP contribution in [0.5, 0.6) is 0 Å².